The highest BCUT2D eigenvalue weighted by Gasteiger charge is 2.09. The van der Waals surface area contributed by atoms with Gasteiger partial charge in [-0.05, 0) is 19.1 Å². The summed E-state index contributed by atoms with van der Waals surface area (Å²) in [6.07, 6.45) is 1.99. The van der Waals surface area contributed by atoms with Gasteiger partial charge in [-0.25, -0.2) is 0 Å². The van der Waals surface area contributed by atoms with E-state index in [2.05, 4.69) is 35.4 Å². The Labute approximate surface area is 111 Å². The third-order valence-corrected chi connectivity index (χ3v) is 3.67. The van der Waals surface area contributed by atoms with E-state index in [-0.39, 0.29) is 0 Å². The van der Waals surface area contributed by atoms with Gasteiger partial charge in [-0.1, -0.05) is 22.9 Å². The number of aromatic nitrogens is 3. The zero-order chi connectivity index (χ0) is 13.0. The van der Waals surface area contributed by atoms with Crippen LogP contribution in [0.15, 0.2) is 35.4 Å². The summed E-state index contributed by atoms with van der Waals surface area (Å²) in [7, 11) is 1.82. The SMILES string of the molecule is Cc1cccc(SCC(O)Cc2cn(C)nn2)c1. The van der Waals surface area contributed by atoms with Gasteiger partial charge in [0.1, 0.15) is 0 Å². The highest BCUT2D eigenvalue weighted by atomic mass is 32.2. The molecule has 0 amide bonds. The quantitative estimate of drug-likeness (QED) is 0.836. The van der Waals surface area contributed by atoms with Crippen molar-refractivity contribution >= 4 is 11.8 Å². The molecule has 0 fully saturated rings. The summed E-state index contributed by atoms with van der Waals surface area (Å²) in [6.45, 7) is 2.07. The van der Waals surface area contributed by atoms with Crippen molar-refractivity contribution in [3.63, 3.8) is 0 Å². The monoisotopic (exact) mass is 263 g/mol. The Morgan fingerprint density at radius 1 is 1.44 bits per heavy atom. The number of thioether (sulfide) groups is 1. The van der Waals surface area contributed by atoms with Gasteiger partial charge in [0, 0.05) is 30.3 Å². The number of nitrogens with zero attached hydrogens (tertiary/aromatic N) is 3. The molecule has 2 rings (SSSR count). The predicted molar refractivity (Wildman–Crippen MR) is 72.6 cm³/mol. The minimum Gasteiger partial charge on any atom is -0.392 e. The molecular formula is C13H17N3OS. The average molecular weight is 263 g/mol. The summed E-state index contributed by atoms with van der Waals surface area (Å²) < 4.78 is 1.65. The molecule has 18 heavy (non-hydrogen) atoms. The molecule has 0 radical (unpaired) electrons. The van der Waals surface area contributed by atoms with Crippen LogP contribution in [0.3, 0.4) is 0 Å². The molecule has 96 valence electrons. The van der Waals surface area contributed by atoms with Crippen molar-refractivity contribution in [1.29, 1.82) is 0 Å². The van der Waals surface area contributed by atoms with E-state index in [1.807, 2.05) is 19.3 Å². The first-order valence-electron chi connectivity index (χ1n) is 5.86. The van der Waals surface area contributed by atoms with E-state index < -0.39 is 6.10 Å². The van der Waals surface area contributed by atoms with Crippen LogP contribution in [0.1, 0.15) is 11.3 Å². The fourth-order valence-electron chi connectivity index (χ4n) is 1.69. The normalized spacial score (nSPS) is 12.6. The maximum absolute atomic E-state index is 9.94. The molecule has 4 nitrogen and oxygen atoms in total. The van der Waals surface area contributed by atoms with Gasteiger partial charge in [0.15, 0.2) is 0 Å². The van der Waals surface area contributed by atoms with Gasteiger partial charge in [-0.3, -0.25) is 4.68 Å². The Morgan fingerprint density at radius 3 is 2.94 bits per heavy atom. The molecule has 1 heterocycles. The first kappa shape index (κ1) is 13.1. The fourth-order valence-corrected chi connectivity index (χ4v) is 2.63. The Kier molecular flexibility index (Phi) is 4.38. The van der Waals surface area contributed by atoms with Crippen molar-refractivity contribution in [3.8, 4) is 0 Å². The second-order valence-corrected chi connectivity index (χ2v) is 5.46. The molecule has 1 atom stereocenters. The van der Waals surface area contributed by atoms with Gasteiger partial charge in [0.2, 0.25) is 0 Å². The van der Waals surface area contributed by atoms with Crippen LogP contribution in [-0.2, 0) is 13.5 Å². The smallest absolute Gasteiger partial charge is 0.0853 e. The Hall–Kier alpha value is -1.33. The van der Waals surface area contributed by atoms with E-state index in [9.17, 15) is 5.11 Å². The standard InChI is InChI=1S/C13H17N3OS/c1-10-4-3-5-13(6-10)18-9-12(17)7-11-8-16(2)15-14-11/h3-6,8,12,17H,7,9H2,1-2H3. The Morgan fingerprint density at radius 2 is 2.28 bits per heavy atom. The third-order valence-electron chi connectivity index (χ3n) is 2.53. The second-order valence-electron chi connectivity index (χ2n) is 4.37. The number of rotatable bonds is 5. The van der Waals surface area contributed by atoms with Crippen LogP contribution >= 0.6 is 11.8 Å². The van der Waals surface area contributed by atoms with Crippen molar-refractivity contribution < 1.29 is 5.11 Å². The maximum atomic E-state index is 9.94. The summed E-state index contributed by atoms with van der Waals surface area (Å²) in [6, 6.07) is 8.29. The minimum absolute atomic E-state index is 0.396. The van der Waals surface area contributed by atoms with E-state index in [0.29, 0.717) is 12.2 Å². The highest BCUT2D eigenvalue weighted by Crippen LogP contribution is 2.20. The van der Waals surface area contributed by atoms with E-state index in [0.717, 1.165) is 5.69 Å². The molecule has 0 saturated carbocycles. The van der Waals surface area contributed by atoms with E-state index in [1.165, 1.54) is 10.5 Å². The van der Waals surface area contributed by atoms with Crippen LogP contribution in [0, 0.1) is 6.92 Å². The molecule has 0 bridgehead atoms. The lowest BCUT2D eigenvalue weighted by Gasteiger charge is -2.08. The summed E-state index contributed by atoms with van der Waals surface area (Å²) in [5.74, 6) is 0.667. The van der Waals surface area contributed by atoms with Crippen LogP contribution in [0.25, 0.3) is 0 Å². The van der Waals surface area contributed by atoms with Gasteiger partial charge >= 0.3 is 0 Å². The minimum atomic E-state index is -0.396. The highest BCUT2D eigenvalue weighted by molar-refractivity contribution is 7.99. The summed E-state index contributed by atoms with van der Waals surface area (Å²) in [5.41, 5.74) is 2.07. The van der Waals surface area contributed by atoms with Crippen LogP contribution in [0.4, 0.5) is 0 Å². The molecule has 0 saturated heterocycles. The van der Waals surface area contributed by atoms with Gasteiger partial charge < -0.3 is 5.11 Å². The van der Waals surface area contributed by atoms with Gasteiger partial charge in [0.05, 0.1) is 11.8 Å². The number of aryl methyl sites for hydroxylation is 2. The van der Waals surface area contributed by atoms with E-state index in [1.54, 1.807) is 16.4 Å². The number of aliphatic hydroxyl groups excluding tert-OH is 1. The number of hydrogen-bond acceptors (Lipinski definition) is 4. The lowest BCUT2D eigenvalue weighted by Crippen LogP contribution is -2.13. The molecule has 1 unspecified atom stereocenters. The number of aliphatic hydroxyl groups is 1. The van der Waals surface area contributed by atoms with Crippen molar-refractivity contribution in [3.05, 3.63) is 41.7 Å². The number of benzene rings is 1. The molecule has 1 aromatic heterocycles. The second kappa shape index (κ2) is 6.02. The predicted octanol–water partition coefficient (Wildman–Crippen LogP) is 1.82. The Bertz CT molecular complexity index is 512. The molecule has 2 aromatic rings. The van der Waals surface area contributed by atoms with Crippen molar-refractivity contribution in [1.82, 2.24) is 15.0 Å². The average Bonchev–Trinajstić information content (AvgIpc) is 2.72. The van der Waals surface area contributed by atoms with Crippen molar-refractivity contribution in [2.24, 2.45) is 7.05 Å². The molecule has 5 heteroatoms. The fraction of sp³-hybridized carbons (Fsp3) is 0.385. The van der Waals surface area contributed by atoms with E-state index in [4.69, 9.17) is 0 Å². The van der Waals surface area contributed by atoms with Crippen molar-refractivity contribution in [2.75, 3.05) is 5.75 Å². The van der Waals surface area contributed by atoms with Crippen LogP contribution < -0.4 is 0 Å². The molecule has 0 aliphatic carbocycles. The molecular weight excluding hydrogens is 246 g/mol. The third kappa shape index (κ3) is 3.85. The van der Waals surface area contributed by atoms with Crippen molar-refractivity contribution in [2.45, 2.75) is 24.3 Å². The molecule has 0 aliphatic rings. The molecule has 0 spiro atoms. The zero-order valence-corrected chi connectivity index (χ0v) is 11.4. The first-order valence-corrected chi connectivity index (χ1v) is 6.85. The topological polar surface area (TPSA) is 50.9 Å². The zero-order valence-electron chi connectivity index (χ0n) is 10.6. The van der Waals surface area contributed by atoms with Gasteiger partial charge in [0.25, 0.3) is 0 Å². The van der Waals surface area contributed by atoms with Crippen LogP contribution in [0.2, 0.25) is 0 Å². The summed E-state index contributed by atoms with van der Waals surface area (Å²) in [5, 5.41) is 17.8. The van der Waals surface area contributed by atoms with Gasteiger partial charge in [-0.2, -0.15) is 0 Å². The lowest BCUT2D eigenvalue weighted by molar-refractivity contribution is 0.199. The summed E-state index contributed by atoms with van der Waals surface area (Å²) >= 11 is 1.66. The first-order chi connectivity index (χ1) is 8.63. The lowest BCUT2D eigenvalue weighted by atomic mass is 10.2. The van der Waals surface area contributed by atoms with Crippen LogP contribution in [0.5, 0.6) is 0 Å². The molecule has 1 N–H and O–H groups in total. The van der Waals surface area contributed by atoms with Gasteiger partial charge in [-0.15, -0.1) is 16.9 Å². The molecule has 1 aromatic carbocycles. The largest absolute Gasteiger partial charge is 0.392 e. The maximum Gasteiger partial charge on any atom is 0.0853 e. The van der Waals surface area contributed by atoms with Crippen LogP contribution in [-0.4, -0.2) is 32.0 Å². The summed E-state index contributed by atoms with van der Waals surface area (Å²) in [4.78, 5) is 1.19. The number of hydrogen-bond donors (Lipinski definition) is 1. The Balaban J connectivity index is 1.83. The molecule has 0 aliphatic heterocycles. The van der Waals surface area contributed by atoms with E-state index >= 15 is 0 Å².